The number of nitrogens with one attached hydrogen (secondary N) is 1. The normalized spacial score (nSPS) is 23.8. The second-order valence-electron chi connectivity index (χ2n) is 4.97. The van der Waals surface area contributed by atoms with Crippen molar-refractivity contribution in [3.63, 3.8) is 0 Å². The minimum absolute atomic E-state index is 0.0918. The van der Waals surface area contributed by atoms with Crippen LogP contribution in [0.4, 0.5) is 5.69 Å². The van der Waals surface area contributed by atoms with Gasteiger partial charge in [0.05, 0.1) is 23.6 Å². The van der Waals surface area contributed by atoms with Crippen LogP contribution < -0.4 is 10.5 Å². The van der Waals surface area contributed by atoms with Gasteiger partial charge in [-0.15, -0.1) is 0 Å². The van der Waals surface area contributed by atoms with Crippen LogP contribution in [0.2, 0.25) is 5.02 Å². The van der Waals surface area contributed by atoms with Gasteiger partial charge in [0.25, 0.3) is 5.56 Å². The third-order valence-corrected chi connectivity index (χ3v) is 3.05. The molecule has 1 atom stereocenters. The molecule has 5 nitrogen and oxygen atoms in total. The maximum Gasteiger partial charge on any atom is 0.285 e. The molecule has 6 heteroatoms. The summed E-state index contributed by atoms with van der Waals surface area (Å²) >= 11 is 6.00. The number of aromatic amines is 1. The number of rotatable bonds is 1. The van der Waals surface area contributed by atoms with Crippen LogP contribution >= 0.6 is 11.6 Å². The van der Waals surface area contributed by atoms with E-state index in [1.54, 1.807) is 6.20 Å². The van der Waals surface area contributed by atoms with Gasteiger partial charge in [-0.25, -0.2) is 5.10 Å². The first kappa shape index (κ1) is 12.4. The van der Waals surface area contributed by atoms with Crippen molar-refractivity contribution in [2.45, 2.75) is 32.5 Å². The first-order chi connectivity index (χ1) is 7.89. The summed E-state index contributed by atoms with van der Waals surface area (Å²) in [5.74, 6) is 0. The first-order valence-electron chi connectivity index (χ1n) is 5.55. The average Bonchev–Trinajstić information content (AvgIpc) is 2.19. The molecular weight excluding hydrogens is 242 g/mol. The highest BCUT2D eigenvalue weighted by atomic mass is 35.5. The van der Waals surface area contributed by atoms with E-state index in [1.165, 1.54) is 0 Å². The number of halogens is 1. The Labute approximate surface area is 105 Å². The summed E-state index contributed by atoms with van der Waals surface area (Å²) in [6, 6.07) is 0. The third kappa shape index (κ3) is 2.61. The molecule has 0 aromatic carbocycles. The molecule has 0 spiro atoms. The van der Waals surface area contributed by atoms with E-state index in [9.17, 15) is 4.79 Å². The zero-order valence-electron chi connectivity index (χ0n) is 10.2. The van der Waals surface area contributed by atoms with E-state index >= 15 is 0 Å². The predicted octanol–water partition coefficient (Wildman–Crippen LogP) is 1.43. The molecule has 1 aliphatic rings. The van der Waals surface area contributed by atoms with Crippen molar-refractivity contribution in [2.75, 3.05) is 18.0 Å². The Balaban J connectivity index is 2.33. The lowest BCUT2D eigenvalue weighted by Crippen LogP contribution is -2.52. The van der Waals surface area contributed by atoms with Gasteiger partial charge in [-0.2, -0.15) is 5.10 Å². The van der Waals surface area contributed by atoms with Gasteiger partial charge in [0.1, 0.15) is 5.02 Å². The second-order valence-corrected chi connectivity index (χ2v) is 5.34. The lowest BCUT2D eigenvalue weighted by molar-refractivity contribution is -0.0749. The van der Waals surface area contributed by atoms with Crippen LogP contribution in [0, 0.1) is 0 Å². The zero-order valence-corrected chi connectivity index (χ0v) is 10.9. The summed E-state index contributed by atoms with van der Waals surface area (Å²) in [6.45, 7) is 7.42. The van der Waals surface area contributed by atoms with E-state index < -0.39 is 0 Å². The van der Waals surface area contributed by atoms with Crippen molar-refractivity contribution in [3.8, 4) is 0 Å². The molecule has 1 N–H and O–H groups in total. The highest BCUT2D eigenvalue weighted by Crippen LogP contribution is 2.28. The van der Waals surface area contributed by atoms with Crippen LogP contribution in [0.3, 0.4) is 0 Å². The summed E-state index contributed by atoms with van der Waals surface area (Å²) in [5.41, 5.74) is 0.0450. The summed E-state index contributed by atoms with van der Waals surface area (Å²) in [4.78, 5) is 13.5. The van der Waals surface area contributed by atoms with Crippen LogP contribution in [-0.4, -0.2) is 35.0 Å². The Kier molecular flexibility index (Phi) is 3.14. The van der Waals surface area contributed by atoms with Crippen molar-refractivity contribution in [1.82, 2.24) is 10.2 Å². The van der Waals surface area contributed by atoms with Crippen molar-refractivity contribution in [3.05, 3.63) is 21.6 Å². The van der Waals surface area contributed by atoms with Gasteiger partial charge in [-0.05, 0) is 20.8 Å². The van der Waals surface area contributed by atoms with E-state index in [-0.39, 0.29) is 22.3 Å². The lowest BCUT2D eigenvalue weighted by Gasteiger charge is -2.42. The molecule has 0 unspecified atom stereocenters. The predicted molar refractivity (Wildman–Crippen MR) is 66.7 cm³/mol. The Morgan fingerprint density at radius 1 is 1.65 bits per heavy atom. The molecule has 0 saturated carbocycles. The van der Waals surface area contributed by atoms with Crippen molar-refractivity contribution in [2.24, 2.45) is 0 Å². The molecular formula is C11H16ClN3O2. The Hall–Kier alpha value is -1.07. The molecule has 1 aromatic rings. The Morgan fingerprint density at radius 3 is 3.00 bits per heavy atom. The number of aromatic nitrogens is 2. The molecule has 0 radical (unpaired) electrons. The number of nitrogens with zero attached hydrogens (tertiary/aromatic N) is 2. The van der Waals surface area contributed by atoms with Gasteiger partial charge in [-0.1, -0.05) is 11.6 Å². The molecule has 1 aliphatic heterocycles. The lowest BCUT2D eigenvalue weighted by atomic mass is 10.1. The number of morpholine rings is 1. The fourth-order valence-electron chi connectivity index (χ4n) is 2.23. The molecule has 0 bridgehead atoms. The van der Waals surface area contributed by atoms with E-state index in [0.717, 1.165) is 0 Å². The van der Waals surface area contributed by atoms with Crippen LogP contribution in [0.5, 0.6) is 0 Å². The number of hydrogen-bond donors (Lipinski definition) is 1. The summed E-state index contributed by atoms with van der Waals surface area (Å²) in [7, 11) is 0. The molecule has 2 rings (SSSR count). The van der Waals surface area contributed by atoms with Crippen molar-refractivity contribution in [1.29, 1.82) is 0 Å². The quantitative estimate of drug-likeness (QED) is 0.827. The summed E-state index contributed by atoms with van der Waals surface area (Å²) in [6.07, 6.45) is 1.67. The van der Waals surface area contributed by atoms with Gasteiger partial charge in [0.2, 0.25) is 0 Å². The molecule has 1 aromatic heterocycles. The van der Waals surface area contributed by atoms with E-state index in [4.69, 9.17) is 16.3 Å². The van der Waals surface area contributed by atoms with Crippen LogP contribution in [0.1, 0.15) is 20.8 Å². The number of hydrogen-bond acceptors (Lipinski definition) is 4. The Morgan fingerprint density at radius 2 is 2.35 bits per heavy atom. The van der Waals surface area contributed by atoms with Gasteiger partial charge < -0.3 is 9.64 Å². The topological polar surface area (TPSA) is 58.2 Å². The fraction of sp³-hybridized carbons (Fsp3) is 0.636. The average molecular weight is 258 g/mol. The number of ether oxygens (including phenoxy) is 1. The smallest absolute Gasteiger partial charge is 0.285 e. The first-order valence-corrected chi connectivity index (χ1v) is 5.93. The summed E-state index contributed by atoms with van der Waals surface area (Å²) in [5, 5.41) is 6.29. The largest absolute Gasteiger partial charge is 0.369 e. The SMILES string of the molecule is C[C@H]1CN(c2cn[nH]c(=O)c2Cl)CC(C)(C)O1. The van der Waals surface area contributed by atoms with Crippen molar-refractivity contribution < 1.29 is 4.74 Å². The zero-order chi connectivity index (χ0) is 12.6. The molecule has 0 aliphatic carbocycles. The minimum Gasteiger partial charge on any atom is -0.369 e. The summed E-state index contributed by atoms with van der Waals surface area (Å²) < 4.78 is 5.80. The van der Waals surface area contributed by atoms with Gasteiger partial charge >= 0.3 is 0 Å². The molecule has 1 saturated heterocycles. The minimum atomic E-state index is -0.360. The standard InChI is InChI=1S/C11H16ClN3O2/c1-7-5-15(6-11(2,3)17-7)8-4-13-14-10(16)9(8)12/h4,7H,5-6H2,1-3H3,(H,14,16)/t7-/m0/s1. The second kappa shape index (κ2) is 4.31. The van der Waals surface area contributed by atoms with Crippen LogP contribution in [0.25, 0.3) is 0 Å². The highest BCUT2D eigenvalue weighted by molar-refractivity contribution is 6.33. The molecule has 17 heavy (non-hydrogen) atoms. The fourth-order valence-corrected chi connectivity index (χ4v) is 2.44. The van der Waals surface area contributed by atoms with E-state index in [0.29, 0.717) is 18.8 Å². The van der Waals surface area contributed by atoms with Crippen LogP contribution in [-0.2, 0) is 4.74 Å². The van der Waals surface area contributed by atoms with E-state index in [1.807, 2.05) is 25.7 Å². The number of H-pyrrole nitrogens is 1. The Bertz CT molecular complexity index is 472. The van der Waals surface area contributed by atoms with Gasteiger partial charge in [0, 0.05) is 13.1 Å². The highest BCUT2D eigenvalue weighted by Gasteiger charge is 2.32. The molecule has 94 valence electrons. The molecule has 1 fully saturated rings. The molecule has 0 amide bonds. The van der Waals surface area contributed by atoms with Crippen molar-refractivity contribution >= 4 is 17.3 Å². The molecule has 2 heterocycles. The maximum absolute atomic E-state index is 11.4. The monoisotopic (exact) mass is 257 g/mol. The van der Waals surface area contributed by atoms with Gasteiger partial charge in [-0.3, -0.25) is 4.79 Å². The van der Waals surface area contributed by atoms with Gasteiger partial charge in [0.15, 0.2) is 0 Å². The van der Waals surface area contributed by atoms with Crippen LogP contribution in [0.15, 0.2) is 11.0 Å². The number of anilines is 1. The third-order valence-electron chi connectivity index (χ3n) is 2.69. The van der Waals surface area contributed by atoms with E-state index in [2.05, 4.69) is 10.2 Å². The maximum atomic E-state index is 11.4.